The quantitative estimate of drug-likeness (QED) is 0.618. The highest BCUT2D eigenvalue weighted by Gasteiger charge is 2.46. The summed E-state index contributed by atoms with van der Waals surface area (Å²) in [5.41, 5.74) is 0.918. The minimum absolute atomic E-state index is 0.190. The van der Waals surface area contributed by atoms with Gasteiger partial charge in [0.15, 0.2) is 0 Å². The predicted molar refractivity (Wildman–Crippen MR) is 114 cm³/mol. The number of rotatable bonds is 9. The van der Waals surface area contributed by atoms with Gasteiger partial charge in [-0.3, -0.25) is 9.59 Å². The van der Waals surface area contributed by atoms with Crippen molar-refractivity contribution in [1.29, 1.82) is 0 Å². The molecule has 4 amide bonds. The van der Waals surface area contributed by atoms with E-state index in [-0.39, 0.29) is 19.6 Å². The Bertz CT molecular complexity index is 927. The van der Waals surface area contributed by atoms with Crippen LogP contribution in [0.15, 0.2) is 48.5 Å². The third-order valence-electron chi connectivity index (χ3n) is 4.88. The van der Waals surface area contributed by atoms with Crippen molar-refractivity contribution in [2.24, 2.45) is 0 Å². The zero-order valence-corrected chi connectivity index (χ0v) is 17.7. The van der Waals surface area contributed by atoms with E-state index in [0.29, 0.717) is 22.9 Å². The Balaban J connectivity index is 1.79. The maximum absolute atomic E-state index is 13.1. The smallest absolute Gasteiger partial charge is 0.332 e. The molecule has 2 aromatic rings. The number of hydrogen-bond acceptors (Lipinski definition) is 6. The Hall–Kier alpha value is -3.59. The van der Waals surface area contributed by atoms with Crippen LogP contribution in [-0.4, -0.2) is 63.3 Å². The Labute approximate surface area is 180 Å². The van der Waals surface area contributed by atoms with Crippen LogP contribution in [0.3, 0.4) is 0 Å². The summed E-state index contributed by atoms with van der Waals surface area (Å²) in [5.74, 6) is 0.155. The van der Waals surface area contributed by atoms with Gasteiger partial charge in [0.1, 0.15) is 17.5 Å². The first-order valence-electron chi connectivity index (χ1n) is 9.70. The highest BCUT2D eigenvalue weighted by molar-refractivity contribution is 6.22. The van der Waals surface area contributed by atoms with Gasteiger partial charge in [-0.1, -0.05) is 18.2 Å². The minimum atomic E-state index is -0.935. The second-order valence-corrected chi connectivity index (χ2v) is 6.85. The van der Waals surface area contributed by atoms with E-state index in [9.17, 15) is 14.4 Å². The predicted octanol–water partition coefficient (Wildman–Crippen LogP) is 2.52. The van der Waals surface area contributed by atoms with Crippen LogP contribution in [0.4, 0.5) is 16.2 Å². The molecule has 2 aromatic carbocycles. The molecule has 0 aliphatic carbocycles. The van der Waals surface area contributed by atoms with E-state index in [1.807, 2.05) is 0 Å². The second-order valence-electron chi connectivity index (χ2n) is 6.85. The van der Waals surface area contributed by atoms with Crippen LogP contribution in [0.2, 0.25) is 0 Å². The van der Waals surface area contributed by atoms with E-state index in [1.54, 1.807) is 48.5 Å². The normalized spacial score (nSPS) is 15.9. The third kappa shape index (κ3) is 4.95. The lowest BCUT2D eigenvalue weighted by Gasteiger charge is -2.21. The Morgan fingerprint density at radius 1 is 1.00 bits per heavy atom. The Morgan fingerprint density at radius 2 is 1.65 bits per heavy atom. The summed E-state index contributed by atoms with van der Waals surface area (Å²) in [5, 5.41) is 2.75. The molecule has 0 bridgehead atoms. The zero-order chi connectivity index (χ0) is 22.4. The van der Waals surface area contributed by atoms with Crippen molar-refractivity contribution >= 4 is 29.2 Å². The average molecular weight is 427 g/mol. The van der Waals surface area contributed by atoms with Crippen molar-refractivity contribution in [2.75, 3.05) is 44.7 Å². The van der Waals surface area contributed by atoms with E-state index >= 15 is 0 Å². The molecule has 0 radical (unpaired) electrons. The molecule has 0 aromatic heterocycles. The van der Waals surface area contributed by atoms with Crippen LogP contribution in [0, 0.1) is 0 Å². The van der Waals surface area contributed by atoms with Crippen molar-refractivity contribution < 1.29 is 28.6 Å². The number of amides is 4. The van der Waals surface area contributed by atoms with Crippen molar-refractivity contribution in [3.05, 3.63) is 48.5 Å². The molecule has 0 unspecified atom stereocenters. The summed E-state index contributed by atoms with van der Waals surface area (Å²) in [4.78, 5) is 41.2. The SMILES string of the molecule is COCCN1C(=O)N(c2ccccc2)C(=O)[C@@H]1CC(=O)Nc1cc(OC)cc(OC)c1. The highest BCUT2D eigenvalue weighted by atomic mass is 16.5. The first-order valence-corrected chi connectivity index (χ1v) is 9.70. The number of anilines is 2. The maximum atomic E-state index is 13.1. The number of nitrogens with zero attached hydrogens (tertiary/aromatic N) is 2. The van der Waals surface area contributed by atoms with Crippen LogP contribution in [-0.2, 0) is 14.3 Å². The van der Waals surface area contributed by atoms with Crippen LogP contribution in [0.1, 0.15) is 6.42 Å². The van der Waals surface area contributed by atoms with Crippen LogP contribution in [0.25, 0.3) is 0 Å². The molecule has 1 aliphatic rings. The average Bonchev–Trinajstić information content (AvgIpc) is 3.01. The summed E-state index contributed by atoms with van der Waals surface area (Å²) in [6.45, 7) is 0.433. The van der Waals surface area contributed by atoms with Crippen molar-refractivity contribution in [1.82, 2.24) is 4.90 Å². The van der Waals surface area contributed by atoms with Gasteiger partial charge in [0.05, 0.1) is 32.9 Å². The standard InChI is InChI=1S/C22H25N3O6/c1-29-10-9-24-19(21(27)25(22(24)28)16-7-5-4-6-8-16)14-20(26)23-15-11-17(30-2)13-18(12-15)31-3/h4-8,11-13,19H,9-10,14H2,1-3H3,(H,23,26)/t19-/m0/s1. The molecule has 1 N–H and O–H groups in total. The number of nitrogens with one attached hydrogen (secondary N) is 1. The summed E-state index contributed by atoms with van der Waals surface area (Å²) in [6.07, 6.45) is -0.197. The molecule has 1 saturated heterocycles. The van der Waals surface area contributed by atoms with Crippen LogP contribution >= 0.6 is 0 Å². The molecular weight excluding hydrogens is 402 g/mol. The molecule has 1 atom stereocenters. The number of carbonyl (C=O) groups excluding carboxylic acids is 3. The Kier molecular flexibility index (Phi) is 7.09. The molecule has 9 heteroatoms. The molecule has 9 nitrogen and oxygen atoms in total. The molecule has 3 rings (SSSR count). The largest absolute Gasteiger partial charge is 0.497 e. The van der Waals surface area contributed by atoms with Gasteiger partial charge in [0.2, 0.25) is 5.91 Å². The zero-order valence-electron chi connectivity index (χ0n) is 17.7. The Morgan fingerprint density at radius 3 is 2.23 bits per heavy atom. The first-order chi connectivity index (χ1) is 15.0. The molecule has 1 aliphatic heterocycles. The van der Waals surface area contributed by atoms with E-state index in [1.165, 1.54) is 26.2 Å². The summed E-state index contributed by atoms with van der Waals surface area (Å²) >= 11 is 0. The molecule has 1 heterocycles. The van der Waals surface area contributed by atoms with Gasteiger partial charge in [-0.05, 0) is 12.1 Å². The number of methoxy groups -OCH3 is 3. The molecular formula is C22H25N3O6. The summed E-state index contributed by atoms with van der Waals surface area (Å²) in [6, 6.07) is 12.2. The lowest BCUT2D eigenvalue weighted by molar-refractivity contribution is -0.124. The van der Waals surface area contributed by atoms with Gasteiger partial charge in [0, 0.05) is 37.5 Å². The number of para-hydroxylation sites is 1. The van der Waals surface area contributed by atoms with E-state index in [0.717, 1.165) is 4.90 Å². The van der Waals surface area contributed by atoms with Gasteiger partial charge in [0.25, 0.3) is 5.91 Å². The van der Waals surface area contributed by atoms with E-state index in [4.69, 9.17) is 14.2 Å². The fraction of sp³-hybridized carbons (Fsp3) is 0.318. The molecule has 31 heavy (non-hydrogen) atoms. The third-order valence-corrected chi connectivity index (χ3v) is 4.88. The number of carbonyl (C=O) groups is 3. The van der Waals surface area contributed by atoms with Crippen molar-refractivity contribution in [2.45, 2.75) is 12.5 Å². The fourth-order valence-corrected chi connectivity index (χ4v) is 3.36. The summed E-state index contributed by atoms with van der Waals surface area (Å²) < 4.78 is 15.5. The van der Waals surface area contributed by atoms with Crippen LogP contribution in [0.5, 0.6) is 11.5 Å². The number of imide groups is 1. The molecule has 1 fully saturated rings. The number of ether oxygens (including phenoxy) is 3. The van der Waals surface area contributed by atoms with Gasteiger partial charge < -0.3 is 24.4 Å². The van der Waals surface area contributed by atoms with Gasteiger partial charge in [-0.25, -0.2) is 9.69 Å². The first kappa shape index (κ1) is 22.1. The van der Waals surface area contributed by atoms with Crippen molar-refractivity contribution in [3.63, 3.8) is 0 Å². The monoisotopic (exact) mass is 427 g/mol. The van der Waals surface area contributed by atoms with E-state index in [2.05, 4.69) is 5.32 Å². The molecule has 164 valence electrons. The molecule has 0 spiro atoms. The van der Waals surface area contributed by atoms with E-state index < -0.39 is 23.9 Å². The lowest BCUT2D eigenvalue weighted by Crippen LogP contribution is -2.39. The highest BCUT2D eigenvalue weighted by Crippen LogP contribution is 2.28. The van der Waals surface area contributed by atoms with Gasteiger partial charge >= 0.3 is 6.03 Å². The maximum Gasteiger partial charge on any atom is 0.332 e. The van der Waals surface area contributed by atoms with Gasteiger partial charge in [-0.15, -0.1) is 0 Å². The topological polar surface area (TPSA) is 97.4 Å². The minimum Gasteiger partial charge on any atom is -0.497 e. The fourth-order valence-electron chi connectivity index (χ4n) is 3.36. The second kappa shape index (κ2) is 9.94. The van der Waals surface area contributed by atoms with Gasteiger partial charge in [-0.2, -0.15) is 0 Å². The van der Waals surface area contributed by atoms with Crippen molar-refractivity contribution in [3.8, 4) is 11.5 Å². The number of benzene rings is 2. The number of hydrogen-bond donors (Lipinski definition) is 1. The summed E-state index contributed by atoms with van der Waals surface area (Å²) in [7, 11) is 4.53. The lowest BCUT2D eigenvalue weighted by atomic mass is 10.1. The number of urea groups is 1. The molecule has 0 saturated carbocycles. The van der Waals surface area contributed by atoms with Crippen LogP contribution < -0.4 is 19.7 Å².